The fraction of sp³-hybridized carbons (Fsp3) is 0.182. The van der Waals surface area contributed by atoms with Crippen molar-refractivity contribution in [3.8, 4) is 0 Å². The first-order valence-corrected chi connectivity index (χ1v) is 7.91. The highest BCUT2D eigenvalue weighted by Gasteiger charge is 2.11. The van der Waals surface area contributed by atoms with Crippen LogP contribution in [-0.4, -0.2) is 0 Å². The lowest BCUT2D eigenvalue weighted by molar-refractivity contribution is 1.20. The Labute approximate surface area is 140 Å². The number of hydrogen-bond acceptors (Lipinski definition) is 1. The largest absolute Gasteiger partial charge is 0.311 e. The van der Waals surface area contributed by atoms with Gasteiger partial charge in [-0.2, -0.15) is 0 Å². The van der Waals surface area contributed by atoms with Crippen molar-refractivity contribution in [2.24, 2.45) is 0 Å². The van der Waals surface area contributed by atoms with Gasteiger partial charge in [0.05, 0.1) is 0 Å². The molecule has 0 saturated carbocycles. The van der Waals surface area contributed by atoms with E-state index < -0.39 is 0 Å². The van der Waals surface area contributed by atoms with Gasteiger partial charge < -0.3 is 4.90 Å². The Morgan fingerprint density at radius 2 is 1.43 bits per heavy atom. The van der Waals surface area contributed by atoms with E-state index in [9.17, 15) is 0 Å². The SMILES string of the molecule is C=C(/C=C\C=C(C)C)N(c1cccc(C)c1)c1cccc(C)c1. The highest BCUT2D eigenvalue weighted by Crippen LogP contribution is 2.30. The second-order valence-electron chi connectivity index (χ2n) is 6.11. The molecule has 0 N–H and O–H groups in total. The van der Waals surface area contributed by atoms with Gasteiger partial charge in [-0.05, 0) is 69.2 Å². The molecule has 0 fully saturated rings. The Balaban J connectivity index is 2.45. The fourth-order valence-electron chi connectivity index (χ4n) is 2.44. The Kier molecular flexibility index (Phi) is 5.59. The van der Waals surface area contributed by atoms with E-state index in [1.807, 2.05) is 0 Å². The van der Waals surface area contributed by atoms with E-state index in [2.05, 4.69) is 106 Å². The molecule has 0 atom stereocenters. The summed E-state index contributed by atoms with van der Waals surface area (Å²) in [5.41, 5.74) is 6.94. The summed E-state index contributed by atoms with van der Waals surface area (Å²) < 4.78 is 0. The number of hydrogen-bond donors (Lipinski definition) is 0. The van der Waals surface area contributed by atoms with Crippen molar-refractivity contribution < 1.29 is 0 Å². The van der Waals surface area contributed by atoms with Gasteiger partial charge in [0, 0.05) is 17.1 Å². The molecule has 2 aromatic carbocycles. The topological polar surface area (TPSA) is 3.24 Å². The molecule has 2 rings (SSSR count). The molecule has 0 heterocycles. The van der Waals surface area contributed by atoms with E-state index >= 15 is 0 Å². The van der Waals surface area contributed by atoms with Crippen molar-refractivity contribution in [2.45, 2.75) is 27.7 Å². The van der Waals surface area contributed by atoms with Crippen LogP contribution in [0.2, 0.25) is 0 Å². The zero-order chi connectivity index (χ0) is 16.8. The minimum absolute atomic E-state index is 0.943. The summed E-state index contributed by atoms with van der Waals surface area (Å²) in [5, 5.41) is 0. The summed E-state index contributed by atoms with van der Waals surface area (Å²) in [7, 11) is 0. The number of allylic oxidation sites excluding steroid dienone is 4. The average Bonchev–Trinajstić information content (AvgIpc) is 2.47. The molecule has 118 valence electrons. The van der Waals surface area contributed by atoms with Gasteiger partial charge in [-0.3, -0.25) is 0 Å². The molecule has 1 heteroatoms. The molecule has 2 aromatic rings. The average molecular weight is 303 g/mol. The van der Waals surface area contributed by atoms with Crippen LogP contribution in [0.4, 0.5) is 11.4 Å². The summed E-state index contributed by atoms with van der Waals surface area (Å²) in [6, 6.07) is 17.0. The third-order valence-corrected chi connectivity index (χ3v) is 3.53. The van der Waals surface area contributed by atoms with Gasteiger partial charge in [0.1, 0.15) is 0 Å². The highest BCUT2D eigenvalue weighted by molar-refractivity contribution is 5.70. The van der Waals surface area contributed by atoms with Crippen LogP contribution in [0.3, 0.4) is 0 Å². The van der Waals surface area contributed by atoms with Crippen molar-refractivity contribution in [2.75, 3.05) is 4.90 Å². The molecular weight excluding hydrogens is 278 g/mol. The van der Waals surface area contributed by atoms with Gasteiger partial charge in [0.25, 0.3) is 0 Å². The summed E-state index contributed by atoms with van der Waals surface area (Å²) in [6.45, 7) is 12.7. The molecule has 0 aliphatic carbocycles. The lowest BCUT2D eigenvalue weighted by atomic mass is 10.1. The van der Waals surface area contributed by atoms with Crippen LogP contribution in [0, 0.1) is 13.8 Å². The molecule has 0 amide bonds. The molecular formula is C22H25N. The van der Waals surface area contributed by atoms with Crippen LogP contribution < -0.4 is 4.90 Å². The van der Waals surface area contributed by atoms with E-state index in [1.165, 1.54) is 16.7 Å². The molecule has 0 aliphatic heterocycles. The molecule has 0 unspecified atom stereocenters. The Morgan fingerprint density at radius 1 is 0.913 bits per heavy atom. The van der Waals surface area contributed by atoms with E-state index in [0.717, 1.165) is 17.1 Å². The molecule has 0 bridgehead atoms. The van der Waals surface area contributed by atoms with Gasteiger partial charge in [0.15, 0.2) is 0 Å². The van der Waals surface area contributed by atoms with Gasteiger partial charge in [-0.25, -0.2) is 0 Å². The second-order valence-corrected chi connectivity index (χ2v) is 6.11. The normalized spacial score (nSPS) is 10.6. The standard InChI is InChI=1S/C22H25N/c1-17(2)9-6-12-20(5)23(21-13-7-10-18(3)15-21)22-14-8-11-19(4)16-22/h6-16H,5H2,1-4H3/b12-6-. The van der Waals surface area contributed by atoms with Crippen molar-refractivity contribution in [3.05, 3.63) is 95.7 Å². The predicted octanol–water partition coefficient (Wildman–Crippen LogP) is 6.48. The smallest absolute Gasteiger partial charge is 0.0463 e. The van der Waals surface area contributed by atoms with Gasteiger partial charge >= 0.3 is 0 Å². The Hall–Kier alpha value is -2.54. The lowest BCUT2D eigenvalue weighted by Crippen LogP contribution is -2.14. The minimum Gasteiger partial charge on any atom is -0.311 e. The predicted molar refractivity (Wildman–Crippen MR) is 102 cm³/mol. The quantitative estimate of drug-likeness (QED) is 0.571. The molecule has 0 aliphatic rings. The molecule has 23 heavy (non-hydrogen) atoms. The van der Waals surface area contributed by atoms with Crippen LogP contribution in [0.15, 0.2) is 84.6 Å². The zero-order valence-electron chi connectivity index (χ0n) is 14.5. The van der Waals surface area contributed by atoms with Gasteiger partial charge in [-0.15, -0.1) is 0 Å². The fourth-order valence-corrected chi connectivity index (χ4v) is 2.44. The van der Waals surface area contributed by atoms with E-state index in [4.69, 9.17) is 0 Å². The number of aryl methyl sites for hydroxylation is 2. The number of nitrogens with zero attached hydrogens (tertiary/aromatic N) is 1. The van der Waals surface area contributed by atoms with Crippen molar-refractivity contribution in [1.29, 1.82) is 0 Å². The maximum Gasteiger partial charge on any atom is 0.0463 e. The lowest BCUT2D eigenvalue weighted by Gasteiger charge is -2.26. The summed E-state index contributed by atoms with van der Waals surface area (Å²) in [6.07, 6.45) is 6.20. The van der Waals surface area contributed by atoms with Gasteiger partial charge in [-0.1, -0.05) is 48.6 Å². The molecule has 0 saturated heterocycles. The Morgan fingerprint density at radius 3 is 1.87 bits per heavy atom. The van der Waals surface area contributed by atoms with Crippen LogP contribution in [0.25, 0.3) is 0 Å². The van der Waals surface area contributed by atoms with Crippen molar-refractivity contribution in [1.82, 2.24) is 0 Å². The highest BCUT2D eigenvalue weighted by atomic mass is 15.1. The number of anilines is 2. The summed E-state index contributed by atoms with van der Waals surface area (Å²) in [4.78, 5) is 2.19. The van der Waals surface area contributed by atoms with E-state index in [0.29, 0.717) is 0 Å². The molecule has 1 nitrogen and oxygen atoms in total. The third kappa shape index (κ3) is 4.72. The Bertz CT molecular complexity index is 701. The van der Waals surface area contributed by atoms with Crippen molar-refractivity contribution >= 4 is 11.4 Å². The van der Waals surface area contributed by atoms with E-state index in [-0.39, 0.29) is 0 Å². The first-order valence-electron chi connectivity index (χ1n) is 7.91. The summed E-state index contributed by atoms with van der Waals surface area (Å²) in [5.74, 6) is 0. The van der Waals surface area contributed by atoms with Crippen molar-refractivity contribution in [3.63, 3.8) is 0 Å². The van der Waals surface area contributed by atoms with Gasteiger partial charge in [0.2, 0.25) is 0 Å². The maximum atomic E-state index is 4.27. The molecule has 0 radical (unpaired) electrons. The first-order chi connectivity index (χ1) is 11.0. The third-order valence-electron chi connectivity index (χ3n) is 3.53. The summed E-state index contributed by atoms with van der Waals surface area (Å²) >= 11 is 0. The maximum absolute atomic E-state index is 4.27. The second kappa shape index (κ2) is 7.64. The zero-order valence-corrected chi connectivity index (χ0v) is 14.5. The van der Waals surface area contributed by atoms with E-state index in [1.54, 1.807) is 0 Å². The van der Waals surface area contributed by atoms with Crippen LogP contribution in [-0.2, 0) is 0 Å². The van der Waals surface area contributed by atoms with Crippen LogP contribution >= 0.6 is 0 Å². The first kappa shape index (κ1) is 16.8. The number of rotatable bonds is 5. The minimum atomic E-state index is 0.943. The molecule has 0 aromatic heterocycles. The van der Waals surface area contributed by atoms with Crippen LogP contribution in [0.5, 0.6) is 0 Å². The van der Waals surface area contributed by atoms with Crippen LogP contribution in [0.1, 0.15) is 25.0 Å². The monoisotopic (exact) mass is 303 g/mol. The molecule has 0 spiro atoms. The number of benzene rings is 2.